The average molecular weight is 595 g/mol. The molecule has 1 aliphatic heterocycles. The lowest BCUT2D eigenvalue weighted by atomic mass is 9.95. The monoisotopic (exact) mass is 594 g/mol. The number of carbonyl (C=O) groups excluding carboxylic acids is 1. The molecule has 1 aromatic heterocycles. The molecule has 1 atom stereocenters. The quantitative estimate of drug-likeness (QED) is 0.220. The smallest absolute Gasteiger partial charge is 0.338 e. The minimum absolute atomic E-state index is 0.278. The van der Waals surface area contributed by atoms with Crippen LogP contribution >= 0.6 is 11.3 Å². The van der Waals surface area contributed by atoms with Gasteiger partial charge in [-0.05, 0) is 68.7 Å². The van der Waals surface area contributed by atoms with E-state index in [0.29, 0.717) is 55.8 Å². The first-order valence-corrected chi connectivity index (χ1v) is 14.8. The molecule has 2 heterocycles. The maximum Gasteiger partial charge on any atom is 0.338 e. The van der Waals surface area contributed by atoms with Crippen molar-refractivity contribution in [2.75, 3.05) is 27.9 Å². The molecular weight excluding hydrogens is 556 g/mol. The number of carbonyl (C=O) groups is 1. The van der Waals surface area contributed by atoms with Gasteiger partial charge in [-0.15, -0.1) is 0 Å². The Bertz CT molecular complexity index is 1650. The highest BCUT2D eigenvalue weighted by atomic mass is 32.1. The van der Waals surface area contributed by atoms with Gasteiger partial charge in [-0.25, -0.2) is 9.79 Å². The topological polar surface area (TPSA) is 97.6 Å². The zero-order chi connectivity index (χ0) is 30.4. The molecule has 0 N–H and O–H groups in total. The molecule has 0 fully saturated rings. The SMILES string of the molecule is CCCCCOc1ccc(C2C(C(=O)OC(C)C)=C(C)N=c3s/c(=C\c4ccc(OC)c(OC)c4)c(=O)n32)cc1OC. The molecule has 224 valence electrons. The number of thiazole rings is 1. The number of benzene rings is 2. The molecule has 0 aliphatic carbocycles. The van der Waals surface area contributed by atoms with Crippen LogP contribution in [0.25, 0.3) is 6.08 Å². The first-order chi connectivity index (χ1) is 20.2. The van der Waals surface area contributed by atoms with Crippen LogP contribution in [0.4, 0.5) is 0 Å². The maximum atomic E-state index is 14.0. The maximum absolute atomic E-state index is 14.0. The summed E-state index contributed by atoms with van der Waals surface area (Å²) in [6.07, 6.45) is 4.54. The fourth-order valence-corrected chi connectivity index (χ4v) is 5.82. The second kappa shape index (κ2) is 13.7. The number of nitrogens with zero attached hydrogens (tertiary/aromatic N) is 2. The highest BCUT2D eigenvalue weighted by Crippen LogP contribution is 2.36. The van der Waals surface area contributed by atoms with Crippen molar-refractivity contribution in [1.82, 2.24) is 4.57 Å². The normalized spacial score (nSPS) is 14.9. The summed E-state index contributed by atoms with van der Waals surface area (Å²) in [6.45, 7) is 8.04. The summed E-state index contributed by atoms with van der Waals surface area (Å²) in [6, 6.07) is 10.1. The molecule has 4 rings (SSSR count). The fourth-order valence-electron chi connectivity index (χ4n) is 4.78. The molecule has 0 radical (unpaired) electrons. The molecule has 0 amide bonds. The van der Waals surface area contributed by atoms with Crippen molar-refractivity contribution in [2.45, 2.75) is 59.1 Å². The van der Waals surface area contributed by atoms with Gasteiger partial charge < -0.3 is 23.7 Å². The Morgan fingerprint density at radius 1 is 1.00 bits per heavy atom. The molecule has 1 unspecified atom stereocenters. The lowest BCUT2D eigenvalue weighted by Crippen LogP contribution is -2.40. The zero-order valence-corrected chi connectivity index (χ0v) is 26.0. The van der Waals surface area contributed by atoms with E-state index < -0.39 is 12.0 Å². The standard InChI is InChI=1S/C32H38N2O7S/c1-8-9-10-15-40-24-14-12-22(18-26(24)39-7)29-28(31(36)41-19(2)3)20(4)33-32-34(29)30(35)27(42-32)17-21-11-13-23(37-5)25(16-21)38-6/h11-14,16-19,29H,8-10,15H2,1-7H3/b27-17-. The van der Waals surface area contributed by atoms with Crippen LogP contribution in [0.2, 0.25) is 0 Å². The summed E-state index contributed by atoms with van der Waals surface area (Å²) in [4.78, 5) is 32.6. The van der Waals surface area contributed by atoms with Crippen LogP contribution in [-0.2, 0) is 9.53 Å². The number of methoxy groups -OCH3 is 3. The van der Waals surface area contributed by atoms with Gasteiger partial charge in [0.2, 0.25) is 0 Å². The molecule has 2 aromatic carbocycles. The van der Waals surface area contributed by atoms with E-state index in [-0.39, 0.29) is 11.7 Å². The first kappa shape index (κ1) is 30.9. The van der Waals surface area contributed by atoms with E-state index >= 15 is 0 Å². The van der Waals surface area contributed by atoms with Crippen LogP contribution in [0, 0.1) is 0 Å². The summed E-state index contributed by atoms with van der Waals surface area (Å²) in [7, 11) is 4.70. The van der Waals surface area contributed by atoms with Crippen molar-refractivity contribution < 1.29 is 28.5 Å². The predicted molar refractivity (Wildman–Crippen MR) is 163 cm³/mol. The van der Waals surface area contributed by atoms with E-state index in [1.165, 1.54) is 11.3 Å². The summed E-state index contributed by atoms with van der Waals surface area (Å²) >= 11 is 1.25. The minimum Gasteiger partial charge on any atom is -0.493 e. The molecule has 9 nitrogen and oxygen atoms in total. The second-order valence-electron chi connectivity index (χ2n) is 10.1. The first-order valence-electron chi connectivity index (χ1n) is 14.0. The molecule has 1 aliphatic rings. The zero-order valence-electron chi connectivity index (χ0n) is 25.2. The molecule has 0 spiro atoms. The van der Waals surface area contributed by atoms with Crippen LogP contribution in [0.15, 0.2) is 57.5 Å². The second-order valence-corrected chi connectivity index (χ2v) is 11.1. The van der Waals surface area contributed by atoms with Gasteiger partial charge in [0.05, 0.1) is 55.9 Å². The number of aromatic nitrogens is 1. The third-order valence-electron chi connectivity index (χ3n) is 6.80. The summed E-state index contributed by atoms with van der Waals surface area (Å²) in [5, 5.41) is 0. The number of unbranched alkanes of at least 4 members (excludes halogenated alkanes) is 2. The van der Waals surface area contributed by atoms with Crippen molar-refractivity contribution in [3.8, 4) is 23.0 Å². The Balaban J connectivity index is 1.86. The van der Waals surface area contributed by atoms with Crippen molar-refractivity contribution in [1.29, 1.82) is 0 Å². The van der Waals surface area contributed by atoms with E-state index in [2.05, 4.69) is 11.9 Å². The van der Waals surface area contributed by atoms with Gasteiger partial charge in [-0.2, -0.15) is 0 Å². The van der Waals surface area contributed by atoms with Crippen molar-refractivity contribution in [3.05, 3.63) is 78.5 Å². The van der Waals surface area contributed by atoms with Gasteiger partial charge in [0.1, 0.15) is 0 Å². The summed E-state index contributed by atoms with van der Waals surface area (Å²) < 4.78 is 30.1. The van der Waals surface area contributed by atoms with Crippen LogP contribution in [0.3, 0.4) is 0 Å². The van der Waals surface area contributed by atoms with Crippen LogP contribution in [-0.4, -0.2) is 44.6 Å². The molecule has 3 aromatic rings. The lowest BCUT2D eigenvalue weighted by molar-refractivity contribution is -0.143. The minimum atomic E-state index is -0.775. The molecule has 42 heavy (non-hydrogen) atoms. The number of esters is 1. The Kier molecular flexibility index (Phi) is 10.1. The van der Waals surface area contributed by atoms with E-state index in [1.807, 2.05) is 24.3 Å². The average Bonchev–Trinajstić information content (AvgIpc) is 3.27. The van der Waals surface area contributed by atoms with E-state index in [0.717, 1.165) is 24.8 Å². The Morgan fingerprint density at radius 2 is 1.69 bits per heavy atom. The van der Waals surface area contributed by atoms with Gasteiger partial charge in [-0.1, -0.05) is 43.2 Å². The van der Waals surface area contributed by atoms with Crippen molar-refractivity contribution in [2.24, 2.45) is 4.99 Å². The number of fused-ring (bicyclic) bond motifs is 1. The van der Waals surface area contributed by atoms with Crippen LogP contribution in [0.1, 0.15) is 64.1 Å². The summed E-state index contributed by atoms with van der Waals surface area (Å²) in [5.74, 6) is 1.74. The van der Waals surface area contributed by atoms with Crippen LogP contribution in [0.5, 0.6) is 23.0 Å². The molecule has 10 heteroatoms. The number of ether oxygens (including phenoxy) is 5. The fraction of sp³-hybridized carbons (Fsp3) is 0.406. The molecule has 0 bridgehead atoms. The van der Waals surface area contributed by atoms with Crippen LogP contribution < -0.4 is 33.8 Å². The Hall–Kier alpha value is -4.05. The van der Waals surface area contributed by atoms with Gasteiger partial charge in [-0.3, -0.25) is 9.36 Å². The predicted octanol–water partition coefficient (Wildman–Crippen LogP) is 4.78. The van der Waals surface area contributed by atoms with Crippen molar-refractivity contribution in [3.63, 3.8) is 0 Å². The highest BCUT2D eigenvalue weighted by molar-refractivity contribution is 7.07. The van der Waals surface area contributed by atoms with E-state index in [4.69, 9.17) is 23.7 Å². The number of hydrogen-bond acceptors (Lipinski definition) is 9. The number of rotatable bonds is 12. The largest absolute Gasteiger partial charge is 0.493 e. The number of allylic oxidation sites excluding steroid dienone is 1. The lowest BCUT2D eigenvalue weighted by Gasteiger charge is -2.26. The summed E-state index contributed by atoms with van der Waals surface area (Å²) in [5.41, 5.74) is 1.95. The number of hydrogen-bond donors (Lipinski definition) is 0. The van der Waals surface area contributed by atoms with Crippen molar-refractivity contribution >= 4 is 23.4 Å². The van der Waals surface area contributed by atoms with Gasteiger partial charge >= 0.3 is 5.97 Å². The van der Waals surface area contributed by atoms with Gasteiger partial charge in [0, 0.05) is 0 Å². The van der Waals surface area contributed by atoms with Gasteiger partial charge in [0.15, 0.2) is 27.8 Å². The molecule has 0 saturated carbocycles. The molecular formula is C32H38N2O7S. The molecule has 0 saturated heterocycles. The third kappa shape index (κ3) is 6.54. The third-order valence-corrected chi connectivity index (χ3v) is 7.78. The van der Waals surface area contributed by atoms with E-state index in [1.54, 1.807) is 64.9 Å². The highest BCUT2D eigenvalue weighted by Gasteiger charge is 2.34. The van der Waals surface area contributed by atoms with Gasteiger partial charge in [0.25, 0.3) is 5.56 Å². The Labute approximate surface area is 249 Å². The van der Waals surface area contributed by atoms with E-state index in [9.17, 15) is 9.59 Å². The Morgan fingerprint density at radius 3 is 2.36 bits per heavy atom.